The van der Waals surface area contributed by atoms with Gasteiger partial charge in [0.25, 0.3) is 0 Å². The molecule has 13 heteroatoms. The molecule has 0 saturated heterocycles. The van der Waals surface area contributed by atoms with Crippen LogP contribution in [0.5, 0.6) is 0 Å². The third-order valence-electron chi connectivity index (χ3n) is 7.49. The van der Waals surface area contributed by atoms with Gasteiger partial charge in [0.1, 0.15) is 5.76 Å². The number of carbonyl (C=O) groups excluding carboxylic acids is 1. The van der Waals surface area contributed by atoms with E-state index in [4.69, 9.17) is 30.4 Å². The Hall–Kier alpha value is -4.35. The molecule has 0 fully saturated rings. The predicted molar refractivity (Wildman–Crippen MR) is 160 cm³/mol. The lowest BCUT2D eigenvalue weighted by atomic mass is 9.88. The van der Waals surface area contributed by atoms with Crippen LogP contribution in [0, 0.1) is 11.7 Å². The third-order valence-corrected chi connectivity index (χ3v) is 7.96. The Morgan fingerprint density at radius 3 is 2.79 bits per heavy atom. The number of amides is 1. The number of pyridine rings is 1. The summed E-state index contributed by atoms with van der Waals surface area (Å²) in [7, 11) is 0. The lowest BCUT2D eigenvalue weighted by molar-refractivity contribution is -0.119. The van der Waals surface area contributed by atoms with Crippen LogP contribution in [0.3, 0.4) is 0 Å². The summed E-state index contributed by atoms with van der Waals surface area (Å²) in [5.41, 5.74) is 1.79. The molecule has 1 aliphatic rings. The minimum atomic E-state index is -1.88. The number of halogens is 3. The number of carbonyl (C=O) groups is 1. The summed E-state index contributed by atoms with van der Waals surface area (Å²) in [6, 6.07) is 7.50. The Bertz CT molecular complexity index is 1990. The van der Waals surface area contributed by atoms with Gasteiger partial charge < -0.3 is 9.73 Å². The monoisotopic (exact) mass is 623 g/mol. The van der Waals surface area contributed by atoms with Gasteiger partial charge in [0.15, 0.2) is 16.4 Å². The fraction of sp³-hybridized carbons (Fsp3) is 0.267. The zero-order valence-corrected chi connectivity index (χ0v) is 24.5. The van der Waals surface area contributed by atoms with E-state index in [1.807, 2.05) is 0 Å². The third kappa shape index (κ3) is 5.46. The van der Waals surface area contributed by atoms with Crippen LogP contribution in [0.2, 0.25) is 10.2 Å². The number of aromatic nitrogens is 6. The number of anilines is 1. The summed E-state index contributed by atoms with van der Waals surface area (Å²) >= 11 is 12.0. The number of nitrogens with zero attached hydrogens (tertiary/aromatic N) is 6. The van der Waals surface area contributed by atoms with Crippen molar-refractivity contribution < 1.29 is 16.3 Å². The van der Waals surface area contributed by atoms with Crippen LogP contribution in [0.15, 0.2) is 64.4 Å². The summed E-state index contributed by atoms with van der Waals surface area (Å²) in [6.07, 6.45) is 7.20. The fourth-order valence-electron chi connectivity index (χ4n) is 5.28. The normalized spacial score (nSPS) is 18.1. The van der Waals surface area contributed by atoms with Crippen LogP contribution < -0.4 is 10.7 Å². The van der Waals surface area contributed by atoms with Crippen molar-refractivity contribution in [2.75, 3.05) is 5.32 Å². The van der Waals surface area contributed by atoms with E-state index in [-0.39, 0.29) is 44.6 Å². The molecule has 43 heavy (non-hydrogen) atoms. The van der Waals surface area contributed by atoms with Gasteiger partial charge in [0.05, 0.1) is 49.1 Å². The first-order valence-corrected chi connectivity index (χ1v) is 14.2. The average molecular weight is 625 g/mol. The second-order valence-corrected chi connectivity index (χ2v) is 11.0. The SMILES string of the molecule is [2H]C([2H])(C)n1ncc2c1-c1ccnc(c1)C(c1coc(-c3c(-n4cc(Cl)nn4)ccc(Cl)c3F)cc1=O)CCC[C@H](C)C(=O)N2. The molecule has 1 amide bonds. The molecule has 1 aromatic carbocycles. The van der Waals surface area contributed by atoms with Crippen LogP contribution >= 0.6 is 23.2 Å². The van der Waals surface area contributed by atoms with Gasteiger partial charge in [0, 0.05) is 47.4 Å². The molecule has 1 unspecified atom stereocenters. The molecule has 2 atom stereocenters. The lowest BCUT2D eigenvalue weighted by Gasteiger charge is -2.20. The van der Waals surface area contributed by atoms with Gasteiger partial charge in [-0.15, -0.1) is 5.10 Å². The van der Waals surface area contributed by atoms with Crippen LogP contribution in [-0.2, 0) is 11.3 Å². The first-order valence-electron chi connectivity index (χ1n) is 14.5. The Morgan fingerprint density at radius 1 is 1.21 bits per heavy atom. The molecule has 5 heterocycles. The van der Waals surface area contributed by atoms with Gasteiger partial charge in [-0.3, -0.25) is 19.3 Å². The fourth-order valence-corrected chi connectivity index (χ4v) is 5.57. The molecule has 2 bridgehead atoms. The van der Waals surface area contributed by atoms with Crippen molar-refractivity contribution in [3.8, 4) is 28.3 Å². The van der Waals surface area contributed by atoms with E-state index in [1.54, 1.807) is 25.3 Å². The molecular weight excluding hydrogens is 596 g/mol. The second kappa shape index (κ2) is 11.7. The number of rotatable bonds is 4. The molecule has 1 N–H and O–H groups in total. The van der Waals surface area contributed by atoms with Gasteiger partial charge >= 0.3 is 0 Å². The molecule has 5 aromatic rings. The molecule has 4 aromatic heterocycles. The van der Waals surface area contributed by atoms with Crippen LogP contribution in [0.25, 0.3) is 28.3 Å². The van der Waals surface area contributed by atoms with Crippen LogP contribution in [-0.4, -0.2) is 35.7 Å². The Morgan fingerprint density at radius 2 is 2.05 bits per heavy atom. The number of hydrogen-bond acceptors (Lipinski definition) is 7. The molecule has 220 valence electrons. The highest BCUT2D eigenvalue weighted by Crippen LogP contribution is 2.37. The van der Waals surface area contributed by atoms with E-state index in [0.29, 0.717) is 41.9 Å². The smallest absolute Gasteiger partial charge is 0.227 e. The Balaban J connectivity index is 1.47. The van der Waals surface area contributed by atoms with Crippen molar-refractivity contribution >= 4 is 34.8 Å². The topological polar surface area (TPSA) is 121 Å². The summed E-state index contributed by atoms with van der Waals surface area (Å²) in [4.78, 5) is 31.4. The first kappa shape index (κ1) is 26.3. The number of fused-ring (bicyclic) bond motifs is 4. The van der Waals surface area contributed by atoms with E-state index in [2.05, 4.69) is 25.7 Å². The van der Waals surface area contributed by atoms with Crippen LogP contribution in [0.4, 0.5) is 10.1 Å². The largest absolute Gasteiger partial charge is 0.464 e. The molecule has 0 radical (unpaired) electrons. The Labute approximate surface area is 258 Å². The van der Waals surface area contributed by atoms with Gasteiger partial charge in [-0.05, 0) is 44.0 Å². The highest BCUT2D eigenvalue weighted by atomic mass is 35.5. The van der Waals surface area contributed by atoms with E-state index in [9.17, 15) is 9.59 Å². The van der Waals surface area contributed by atoms with Crippen LogP contribution in [0.1, 0.15) is 53.0 Å². The van der Waals surface area contributed by atoms with Crippen molar-refractivity contribution in [3.05, 3.63) is 92.7 Å². The zero-order chi connectivity index (χ0) is 32.0. The predicted octanol–water partition coefficient (Wildman–Crippen LogP) is 6.50. The Kier molecular flexibility index (Phi) is 7.17. The van der Waals surface area contributed by atoms with Crippen molar-refractivity contribution in [2.24, 2.45) is 5.92 Å². The molecule has 0 spiro atoms. The standard InChI is InChI=1S/C30H26Cl2FN7O3/c1-3-39-29-17-9-10-34-21(11-17)18(6-4-5-16(2)30(42)36-22(29)13-35-39)19-15-43-25(12-24(19)41)27-23(8-7-20(31)28(27)33)40-14-26(32)37-38-40/h7-16,18H,3-6H2,1-2H3,(H,36,42)/t16-,18?/m0/s1/i3D2. The minimum Gasteiger partial charge on any atom is -0.464 e. The maximum Gasteiger partial charge on any atom is 0.227 e. The maximum absolute atomic E-state index is 15.4. The summed E-state index contributed by atoms with van der Waals surface area (Å²) in [6.45, 7) is 1.29. The van der Waals surface area contributed by atoms with Gasteiger partial charge in [-0.1, -0.05) is 41.8 Å². The van der Waals surface area contributed by atoms with E-state index in [0.717, 1.165) is 0 Å². The molecule has 0 aliphatic carbocycles. The van der Waals surface area contributed by atoms with E-state index >= 15 is 4.39 Å². The van der Waals surface area contributed by atoms with Gasteiger partial charge in [-0.25, -0.2) is 9.07 Å². The van der Waals surface area contributed by atoms with Crippen molar-refractivity contribution in [1.82, 2.24) is 29.8 Å². The molecular formula is C30H26Cl2FN7O3. The van der Waals surface area contributed by atoms with Crippen molar-refractivity contribution in [3.63, 3.8) is 0 Å². The van der Waals surface area contributed by atoms with E-state index in [1.165, 1.54) is 53.1 Å². The summed E-state index contributed by atoms with van der Waals surface area (Å²) < 4.78 is 40.5. The number of benzene rings is 1. The molecule has 6 rings (SSSR count). The molecule has 0 saturated carbocycles. The summed E-state index contributed by atoms with van der Waals surface area (Å²) in [5, 5.41) is 14.7. The number of nitrogens with one attached hydrogen (secondary N) is 1. The molecule has 1 aliphatic heterocycles. The van der Waals surface area contributed by atoms with Crippen molar-refractivity contribution in [1.29, 1.82) is 0 Å². The van der Waals surface area contributed by atoms with Gasteiger partial charge in [0.2, 0.25) is 5.91 Å². The second-order valence-electron chi connectivity index (χ2n) is 10.2. The van der Waals surface area contributed by atoms with E-state index < -0.39 is 23.7 Å². The lowest BCUT2D eigenvalue weighted by Crippen LogP contribution is -2.22. The maximum atomic E-state index is 15.4. The van der Waals surface area contributed by atoms with Crippen molar-refractivity contribution in [2.45, 2.75) is 45.5 Å². The van der Waals surface area contributed by atoms with Gasteiger partial charge in [-0.2, -0.15) is 5.10 Å². The highest BCUT2D eigenvalue weighted by molar-refractivity contribution is 6.31. The zero-order valence-electron chi connectivity index (χ0n) is 25.0. The number of hydrogen-bond donors (Lipinski definition) is 1. The quantitative estimate of drug-likeness (QED) is 0.242. The molecule has 10 nitrogen and oxygen atoms in total. The summed E-state index contributed by atoms with van der Waals surface area (Å²) in [5.74, 6) is -2.05. The minimum absolute atomic E-state index is 0.0794. The average Bonchev–Trinajstić information content (AvgIpc) is 3.63. The first-order chi connectivity index (χ1) is 21.4. The number of aryl methyl sites for hydroxylation is 1. The highest BCUT2D eigenvalue weighted by Gasteiger charge is 2.26.